The number of fused-ring (bicyclic) bond motifs is 1. The summed E-state index contributed by atoms with van der Waals surface area (Å²) in [6.45, 7) is 4.37. The lowest BCUT2D eigenvalue weighted by Crippen LogP contribution is -1.85. The maximum Gasteiger partial charge on any atom is 0.220 e. The molecule has 2 aromatic heterocycles. The maximum absolute atomic E-state index is 3.96. The average molecular weight is 227 g/mol. The Hall–Kier alpha value is -2.17. The Labute approximate surface area is 98.2 Å². The average Bonchev–Trinajstić information content (AvgIpc) is 2.96. The van der Waals surface area contributed by atoms with Crippen molar-refractivity contribution in [2.45, 2.75) is 19.8 Å². The second kappa shape index (κ2) is 3.69. The molecule has 0 spiro atoms. The van der Waals surface area contributed by atoms with Crippen LogP contribution in [0.15, 0.2) is 24.3 Å². The fraction of sp³-hybridized carbons (Fsp3) is 0.250. The molecule has 0 saturated carbocycles. The molecule has 86 valence electrons. The van der Waals surface area contributed by atoms with E-state index in [1.54, 1.807) is 0 Å². The van der Waals surface area contributed by atoms with Gasteiger partial charge in [-0.1, -0.05) is 26.0 Å². The van der Waals surface area contributed by atoms with Crippen LogP contribution < -0.4 is 0 Å². The Morgan fingerprint density at radius 2 is 2.06 bits per heavy atom. The smallest absolute Gasteiger partial charge is 0.220 e. The molecule has 5 heteroatoms. The van der Waals surface area contributed by atoms with Crippen molar-refractivity contribution in [1.29, 1.82) is 0 Å². The van der Waals surface area contributed by atoms with Crippen LogP contribution in [0.1, 0.15) is 25.3 Å². The summed E-state index contributed by atoms with van der Waals surface area (Å²) in [6, 6.07) is 8.47. The van der Waals surface area contributed by atoms with Crippen LogP contribution in [0.5, 0.6) is 0 Å². The van der Waals surface area contributed by atoms with E-state index in [0.717, 1.165) is 16.6 Å². The van der Waals surface area contributed by atoms with Gasteiger partial charge in [0, 0.05) is 10.9 Å². The number of tetrazole rings is 1. The Kier molecular flexibility index (Phi) is 2.18. The summed E-state index contributed by atoms with van der Waals surface area (Å²) in [5.74, 6) is 1.11. The van der Waals surface area contributed by atoms with E-state index in [-0.39, 0.29) is 0 Å². The van der Waals surface area contributed by atoms with Crippen molar-refractivity contribution >= 4 is 10.9 Å². The summed E-state index contributed by atoms with van der Waals surface area (Å²) < 4.78 is 0. The van der Waals surface area contributed by atoms with Crippen molar-refractivity contribution in [3.63, 3.8) is 0 Å². The first-order valence-electron chi connectivity index (χ1n) is 5.60. The van der Waals surface area contributed by atoms with Crippen LogP contribution in [0.4, 0.5) is 0 Å². The number of hydrogen-bond donors (Lipinski definition) is 2. The summed E-state index contributed by atoms with van der Waals surface area (Å²) in [6.07, 6.45) is 0. The second-order valence-corrected chi connectivity index (χ2v) is 4.42. The van der Waals surface area contributed by atoms with Gasteiger partial charge in [-0.15, -0.1) is 10.2 Å². The fourth-order valence-corrected chi connectivity index (χ4v) is 1.90. The zero-order valence-electron chi connectivity index (χ0n) is 9.73. The number of hydrogen-bond acceptors (Lipinski definition) is 3. The van der Waals surface area contributed by atoms with Crippen molar-refractivity contribution in [1.82, 2.24) is 25.6 Å². The third kappa shape index (κ3) is 1.69. The molecule has 3 rings (SSSR count). The first-order valence-corrected chi connectivity index (χ1v) is 5.60. The number of H-pyrrole nitrogens is 2. The van der Waals surface area contributed by atoms with Crippen LogP contribution in [0.3, 0.4) is 0 Å². The minimum atomic E-state index is 0.524. The Morgan fingerprint density at radius 1 is 1.18 bits per heavy atom. The first kappa shape index (κ1) is 10.0. The zero-order valence-corrected chi connectivity index (χ0v) is 9.73. The minimum absolute atomic E-state index is 0.524. The number of aromatic nitrogens is 5. The minimum Gasteiger partial charge on any atom is -0.352 e. The molecule has 0 aliphatic carbocycles. The number of nitrogens with one attached hydrogen (secondary N) is 2. The Morgan fingerprint density at radius 3 is 2.76 bits per heavy atom. The molecule has 0 amide bonds. The first-order chi connectivity index (χ1) is 8.24. The van der Waals surface area contributed by atoms with E-state index in [1.165, 1.54) is 5.56 Å². The maximum atomic E-state index is 3.96. The van der Waals surface area contributed by atoms with E-state index in [1.807, 2.05) is 6.07 Å². The van der Waals surface area contributed by atoms with Gasteiger partial charge in [0.05, 0.1) is 5.69 Å². The highest BCUT2D eigenvalue weighted by Gasteiger charge is 2.08. The summed E-state index contributed by atoms with van der Waals surface area (Å²) in [5.41, 5.74) is 3.31. The molecule has 3 aromatic rings. The molecule has 2 N–H and O–H groups in total. The lowest BCUT2D eigenvalue weighted by Gasteiger charge is -2.03. The van der Waals surface area contributed by atoms with E-state index >= 15 is 0 Å². The number of nitrogens with zero attached hydrogens (tertiary/aromatic N) is 3. The number of benzene rings is 1. The molecule has 1 aromatic carbocycles. The third-order valence-corrected chi connectivity index (χ3v) is 2.90. The lowest BCUT2D eigenvalue weighted by molar-refractivity contribution is 0.868. The molecule has 0 atom stereocenters. The van der Waals surface area contributed by atoms with E-state index < -0.39 is 0 Å². The van der Waals surface area contributed by atoms with E-state index in [9.17, 15) is 0 Å². The fourth-order valence-electron chi connectivity index (χ4n) is 1.90. The molecule has 0 aliphatic rings. The Bertz CT molecular complexity index is 636. The van der Waals surface area contributed by atoms with Crippen molar-refractivity contribution in [3.05, 3.63) is 29.8 Å². The zero-order chi connectivity index (χ0) is 11.8. The molecule has 0 fully saturated rings. The van der Waals surface area contributed by atoms with Gasteiger partial charge in [-0.3, -0.25) is 0 Å². The van der Waals surface area contributed by atoms with Crippen molar-refractivity contribution < 1.29 is 0 Å². The van der Waals surface area contributed by atoms with Crippen LogP contribution in [0, 0.1) is 0 Å². The predicted molar refractivity (Wildman–Crippen MR) is 65.6 cm³/mol. The van der Waals surface area contributed by atoms with Gasteiger partial charge in [0.1, 0.15) is 0 Å². The molecule has 0 unspecified atom stereocenters. The van der Waals surface area contributed by atoms with Gasteiger partial charge < -0.3 is 4.98 Å². The topological polar surface area (TPSA) is 70.2 Å². The summed E-state index contributed by atoms with van der Waals surface area (Å²) in [5, 5.41) is 15.1. The third-order valence-electron chi connectivity index (χ3n) is 2.90. The van der Waals surface area contributed by atoms with Crippen LogP contribution in [0.25, 0.3) is 22.4 Å². The van der Waals surface area contributed by atoms with Crippen molar-refractivity contribution in [3.8, 4) is 11.5 Å². The van der Waals surface area contributed by atoms with Crippen LogP contribution in [-0.4, -0.2) is 25.6 Å². The van der Waals surface area contributed by atoms with Crippen LogP contribution in [0.2, 0.25) is 0 Å². The number of aromatic amines is 2. The molecular formula is C12H13N5. The van der Waals surface area contributed by atoms with Gasteiger partial charge >= 0.3 is 0 Å². The molecule has 0 bridgehead atoms. The Balaban J connectivity index is 2.13. The molecule has 0 radical (unpaired) electrons. The van der Waals surface area contributed by atoms with E-state index in [4.69, 9.17) is 0 Å². The summed E-state index contributed by atoms with van der Waals surface area (Å²) >= 11 is 0. The highest BCUT2D eigenvalue weighted by atomic mass is 15.5. The highest BCUT2D eigenvalue weighted by molar-refractivity contribution is 5.85. The van der Waals surface area contributed by atoms with Gasteiger partial charge in [0.2, 0.25) is 5.82 Å². The van der Waals surface area contributed by atoms with Gasteiger partial charge in [0.25, 0.3) is 0 Å². The SMILES string of the molecule is CC(C)c1ccc2cc(-c3nn[nH]n3)[nH]c2c1. The van der Waals surface area contributed by atoms with Gasteiger partial charge in [0.15, 0.2) is 0 Å². The monoisotopic (exact) mass is 227 g/mol. The van der Waals surface area contributed by atoms with Gasteiger partial charge in [-0.05, 0) is 28.8 Å². The summed E-state index contributed by atoms with van der Waals surface area (Å²) in [4.78, 5) is 3.31. The molecule has 0 saturated heterocycles. The highest BCUT2D eigenvalue weighted by Crippen LogP contribution is 2.24. The lowest BCUT2D eigenvalue weighted by atomic mass is 10.0. The van der Waals surface area contributed by atoms with Crippen molar-refractivity contribution in [2.75, 3.05) is 0 Å². The second-order valence-electron chi connectivity index (χ2n) is 4.42. The predicted octanol–water partition coefficient (Wildman–Crippen LogP) is 2.47. The van der Waals surface area contributed by atoms with E-state index in [2.05, 4.69) is 57.7 Å². The summed E-state index contributed by atoms with van der Waals surface area (Å²) in [7, 11) is 0. The van der Waals surface area contributed by atoms with E-state index in [0.29, 0.717) is 11.7 Å². The molecule has 5 nitrogen and oxygen atoms in total. The largest absolute Gasteiger partial charge is 0.352 e. The molecular weight excluding hydrogens is 214 g/mol. The van der Waals surface area contributed by atoms with Crippen LogP contribution in [-0.2, 0) is 0 Å². The molecule has 17 heavy (non-hydrogen) atoms. The van der Waals surface area contributed by atoms with Gasteiger partial charge in [-0.2, -0.15) is 5.21 Å². The standard InChI is InChI=1S/C12H13N5/c1-7(2)8-3-4-9-6-11(13-10(9)5-8)12-14-16-17-15-12/h3-7,13H,1-2H3,(H,14,15,16,17). The molecule has 0 aliphatic heterocycles. The van der Waals surface area contributed by atoms with Gasteiger partial charge in [-0.25, -0.2) is 0 Å². The van der Waals surface area contributed by atoms with Crippen molar-refractivity contribution in [2.24, 2.45) is 0 Å². The quantitative estimate of drug-likeness (QED) is 0.706. The normalized spacial score (nSPS) is 11.5. The molecule has 2 heterocycles. The van der Waals surface area contributed by atoms with Crippen LogP contribution >= 0.6 is 0 Å². The number of rotatable bonds is 2.